The van der Waals surface area contributed by atoms with Crippen molar-refractivity contribution in [2.24, 2.45) is 0 Å². The fourth-order valence-electron chi connectivity index (χ4n) is 1.57. The first-order valence-corrected chi connectivity index (χ1v) is 5.04. The van der Waals surface area contributed by atoms with Crippen molar-refractivity contribution in [3.05, 3.63) is 34.9 Å². The van der Waals surface area contributed by atoms with E-state index in [0.717, 1.165) is 23.6 Å². The lowest BCUT2D eigenvalue weighted by atomic mass is 9.92. The molecule has 0 radical (unpaired) electrons. The molecular formula is C12H15F3. The molecule has 0 aliphatic heterocycles. The Morgan fingerprint density at radius 2 is 1.87 bits per heavy atom. The van der Waals surface area contributed by atoms with Crippen LogP contribution in [0.2, 0.25) is 0 Å². The topological polar surface area (TPSA) is 0 Å². The van der Waals surface area contributed by atoms with Crippen LogP contribution in [0.5, 0.6) is 0 Å². The molecule has 0 aliphatic rings. The molecule has 1 unspecified atom stereocenters. The van der Waals surface area contributed by atoms with Crippen LogP contribution >= 0.6 is 0 Å². The second-order valence-corrected chi connectivity index (χ2v) is 3.88. The Morgan fingerprint density at radius 1 is 1.27 bits per heavy atom. The van der Waals surface area contributed by atoms with E-state index < -0.39 is 11.7 Å². The van der Waals surface area contributed by atoms with Crippen LogP contribution < -0.4 is 0 Å². The number of alkyl halides is 3. The smallest absolute Gasteiger partial charge is 0.166 e. The third kappa shape index (κ3) is 2.74. The molecule has 84 valence electrons. The summed E-state index contributed by atoms with van der Waals surface area (Å²) in [7, 11) is 0. The van der Waals surface area contributed by atoms with Crippen molar-refractivity contribution in [3.63, 3.8) is 0 Å². The van der Waals surface area contributed by atoms with E-state index in [9.17, 15) is 13.2 Å². The lowest BCUT2D eigenvalue weighted by molar-refractivity contribution is -0.137. The molecular weight excluding hydrogens is 201 g/mol. The minimum atomic E-state index is -4.24. The Hall–Kier alpha value is -0.990. The molecule has 1 aromatic carbocycles. The molecule has 0 heterocycles. The summed E-state index contributed by atoms with van der Waals surface area (Å²) >= 11 is 0. The van der Waals surface area contributed by atoms with Crippen LogP contribution in [0.15, 0.2) is 18.2 Å². The summed E-state index contributed by atoms with van der Waals surface area (Å²) in [6.07, 6.45) is -3.39. The van der Waals surface area contributed by atoms with E-state index in [1.807, 2.05) is 20.8 Å². The van der Waals surface area contributed by atoms with E-state index in [1.165, 1.54) is 6.07 Å². The number of aryl methyl sites for hydroxylation is 1. The van der Waals surface area contributed by atoms with E-state index in [0.29, 0.717) is 0 Å². The zero-order valence-electron chi connectivity index (χ0n) is 9.15. The van der Waals surface area contributed by atoms with Gasteiger partial charge in [0.15, 0.2) is 0 Å². The SMILES string of the molecule is CCC(C)c1cc(C(F)(F)F)ccc1C. The van der Waals surface area contributed by atoms with Crippen LogP contribution in [0.25, 0.3) is 0 Å². The molecule has 1 aromatic rings. The minimum Gasteiger partial charge on any atom is -0.166 e. The highest BCUT2D eigenvalue weighted by Crippen LogP contribution is 2.33. The van der Waals surface area contributed by atoms with Gasteiger partial charge in [0.25, 0.3) is 0 Å². The fraction of sp³-hybridized carbons (Fsp3) is 0.500. The molecule has 0 bridgehead atoms. The molecule has 0 saturated heterocycles. The first-order valence-electron chi connectivity index (χ1n) is 5.04. The lowest BCUT2D eigenvalue weighted by Crippen LogP contribution is -2.07. The third-order valence-corrected chi connectivity index (χ3v) is 2.75. The van der Waals surface area contributed by atoms with Crippen LogP contribution in [0.1, 0.15) is 42.9 Å². The van der Waals surface area contributed by atoms with Crippen LogP contribution in [0, 0.1) is 6.92 Å². The first kappa shape index (κ1) is 12.1. The molecule has 0 aromatic heterocycles. The molecule has 0 nitrogen and oxygen atoms in total. The molecule has 0 spiro atoms. The maximum atomic E-state index is 12.5. The summed E-state index contributed by atoms with van der Waals surface area (Å²) in [4.78, 5) is 0. The van der Waals surface area contributed by atoms with Gasteiger partial charge >= 0.3 is 6.18 Å². The largest absolute Gasteiger partial charge is 0.416 e. The number of benzene rings is 1. The molecule has 15 heavy (non-hydrogen) atoms. The highest BCUT2D eigenvalue weighted by Gasteiger charge is 2.30. The average Bonchev–Trinajstić information content (AvgIpc) is 2.15. The average molecular weight is 216 g/mol. The Labute approximate surface area is 88.1 Å². The summed E-state index contributed by atoms with van der Waals surface area (Å²) in [5.74, 6) is 0.173. The minimum absolute atomic E-state index is 0.173. The quantitative estimate of drug-likeness (QED) is 0.681. The number of halogens is 3. The normalized spacial score (nSPS) is 14.0. The van der Waals surface area contributed by atoms with Crippen molar-refractivity contribution in [3.8, 4) is 0 Å². The van der Waals surface area contributed by atoms with Crippen molar-refractivity contribution < 1.29 is 13.2 Å². The molecule has 0 amide bonds. The van der Waals surface area contributed by atoms with Crippen LogP contribution in [-0.2, 0) is 6.18 Å². The molecule has 3 heteroatoms. The van der Waals surface area contributed by atoms with E-state index >= 15 is 0 Å². The molecule has 0 saturated carbocycles. The zero-order chi connectivity index (χ0) is 11.6. The molecule has 1 rings (SSSR count). The van der Waals surface area contributed by atoms with Gasteiger partial charge in [-0.1, -0.05) is 19.9 Å². The van der Waals surface area contributed by atoms with Gasteiger partial charge in [-0.25, -0.2) is 0 Å². The van der Waals surface area contributed by atoms with Gasteiger partial charge in [0.1, 0.15) is 0 Å². The second-order valence-electron chi connectivity index (χ2n) is 3.88. The third-order valence-electron chi connectivity index (χ3n) is 2.75. The van der Waals surface area contributed by atoms with Gasteiger partial charge in [0.05, 0.1) is 5.56 Å². The molecule has 0 N–H and O–H groups in total. The number of hydrogen-bond acceptors (Lipinski definition) is 0. The van der Waals surface area contributed by atoms with Crippen LogP contribution in [-0.4, -0.2) is 0 Å². The molecule has 0 aliphatic carbocycles. The van der Waals surface area contributed by atoms with Crippen LogP contribution in [0.4, 0.5) is 13.2 Å². The summed E-state index contributed by atoms with van der Waals surface area (Å²) < 4.78 is 37.4. The maximum Gasteiger partial charge on any atom is 0.416 e. The zero-order valence-corrected chi connectivity index (χ0v) is 9.15. The standard InChI is InChI=1S/C12H15F3/c1-4-8(2)11-7-10(12(13,14)15)6-5-9(11)3/h5-8H,4H2,1-3H3. The Bertz CT molecular complexity index is 339. The van der Waals surface area contributed by atoms with Gasteiger partial charge in [-0.15, -0.1) is 0 Å². The van der Waals surface area contributed by atoms with Gasteiger partial charge in [0, 0.05) is 0 Å². The monoisotopic (exact) mass is 216 g/mol. The van der Waals surface area contributed by atoms with Crippen molar-refractivity contribution in [1.82, 2.24) is 0 Å². The summed E-state index contributed by atoms with van der Waals surface area (Å²) in [6, 6.07) is 3.95. The predicted octanol–water partition coefficient (Wildman–Crippen LogP) is 4.53. The summed E-state index contributed by atoms with van der Waals surface area (Å²) in [6.45, 7) is 5.77. The molecule has 0 fully saturated rings. The molecule has 1 atom stereocenters. The van der Waals surface area contributed by atoms with Crippen LogP contribution in [0.3, 0.4) is 0 Å². The van der Waals surface area contributed by atoms with Gasteiger partial charge in [0.2, 0.25) is 0 Å². The van der Waals surface area contributed by atoms with Gasteiger partial charge in [-0.3, -0.25) is 0 Å². The summed E-state index contributed by atoms with van der Waals surface area (Å²) in [5.41, 5.74) is 1.17. The van der Waals surface area contributed by atoms with Gasteiger partial charge in [-0.05, 0) is 42.5 Å². The summed E-state index contributed by atoms with van der Waals surface area (Å²) in [5, 5.41) is 0. The van der Waals surface area contributed by atoms with Gasteiger partial charge in [-0.2, -0.15) is 13.2 Å². The van der Waals surface area contributed by atoms with E-state index in [-0.39, 0.29) is 5.92 Å². The highest BCUT2D eigenvalue weighted by molar-refractivity contribution is 5.34. The van der Waals surface area contributed by atoms with E-state index in [1.54, 1.807) is 6.07 Å². The van der Waals surface area contributed by atoms with Crippen molar-refractivity contribution in [2.75, 3.05) is 0 Å². The number of rotatable bonds is 2. The fourth-order valence-corrected chi connectivity index (χ4v) is 1.57. The first-order chi connectivity index (χ1) is 6.86. The second kappa shape index (κ2) is 4.25. The highest BCUT2D eigenvalue weighted by atomic mass is 19.4. The van der Waals surface area contributed by atoms with Crippen molar-refractivity contribution >= 4 is 0 Å². The van der Waals surface area contributed by atoms with Gasteiger partial charge < -0.3 is 0 Å². The predicted molar refractivity (Wildman–Crippen MR) is 54.9 cm³/mol. The Balaban J connectivity index is 3.17. The lowest BCUT2D eigenvalue weighted by Gasteiger charge is -2.15. The Kier molecular flexibility index (Phi) is 3.42. The number of hydrogen-bond donors (Lipinski definition) is 0. The van der Waals surface area contributed by atoms with E-state index in [2.05, 4.69) is 0 Å². The van der Waals surface area contributed by atoms with E-state index in [4.69, 9.17) is 0 Å². The van der Waals surface area contributed by atoms with Crippen molar-refractivity contribution in [1.29, 1.82) is 0 Å². The Morgan fingerprint density at radius 3 is 2.33 bits per heavy atom. The van der Waals surface area contributed by atoms with Crippen molar-refractivity contribution in [2.45, 2.75) is 39.3 Å². The maximum absolute atomic E-state index is 12.5.